The highest BCUT2D eigenvalue weighted by Crippen LogP contribution is 2.21. The molecule has 0 heterocycles. The predicted molar refractivity (Wildman–Crippen MR) is 84.3 cm³/mol. The quantitative estimate of drug-likeness (QED) is 0.735. The van der Waals surface area contributed by atoms with Gasteiger partial charge in [-0.3, -0.25) is 4.79 Å². The average Bonchev–Trinajstić information content (AvgIpc) is 2.44. The van der Waals surface area contributed by atoms with Crippen molar-refractivity contribution < 1.29 is 9.53 Å². The van der Waals surface area contributed by atoms with Crippen LogP contribution in [0.15, 0.2) is 46.9 Å². The van der Waals surface area contributed by atoms with Crippen LogP contribution >= 0.6 is 15.9 Å². The minimum Gasteiger partial charge on any atom is -0.489 e. The molecule has 2 rings (SSSR count). The van der Waals surface area contributed by atoms with Crippen LogP contribution in [0.25, 0.3) is 0 Å². The van der Waals surface area contributed by atoms with Gasteiger partial charge in [-0.1, -0.05) is 35.0 Å². The van der Waals surface area contributed by atoms with Gasteiger partial charge in [-0.05, 0) is 54.8 Å². The van der Waals surface area contributed by atoms with Crippen molar-refractivity contribution in [2.24, 2.45) is 0 Å². The van der Waals surface area contributed by atoms with Crippen molar-refractivity contribution in [1.82, 2.24) is 0 Å². The van der Waals surface area contributed by atoms with Crippen LogP contribution in [0.1, 0.15) is 35.3 Å². The Morgan fingerprint density at radius 1 is 1.20 bits per heavy atom. The number of carbonyl (C=O) groups excluding carboxylic acids is 1. The van der Waals surface area contributed by atoms with E-state index in [4.69, 9.17) is 4.74 Å². The first kappa shape index (κ1) is 14.8. The molecule has 0 atom stereocenters. The highest BCUT2D eigenvalue weighted by atomic mass is 79.9. The zero-order valence-electron chi connectivity index (χ0n) is 11.7. The Hall–Kier alpha value is -1.61. The highest BCUT2D eigenvalue weighted by molar-refractivity contribution is 9.10. The largest absolute Gasteiger partial charge is 0.489 e. The van der Waals surface area contributed by atoms with Crippen LogP contribution in [0, 0.1) is 0 Å². The monoisotopic (exact) mass is 332 g/mol. The second-order valence-corrected chi connectivity index (χ2v) is 5.56. The summed E-state index contributed by atoms with van der Waals surface area (Å²) in [6, 6.07) is 13.7. The van der Waals surface area contributed by atoms with Gasteiger partial charge < -0.3 is 4.74 Å². The fraction of sp³-hybridized carbons (Fsp3) is 0.235. The first-order valence-electron chi connectivity index (χ1n) is 6.61. The van der Waals surface area contributed by atoms with Crippen molar-refractivity contribution in [3.05, 3.63) is 63.6 Å². The van der Waals surface area contributed by atoms with Gasteiger partial charge in [0, 0.05) is 10.0 Å². The van der Waals surface area contributed by atoms with Gasteiger partial charge in [0.2, 0.25) is 0 Å². The molecule has 2 aromatic rings. The molecule has 104 valence electrons. The first-order chi connectivity index (χ1) is 9.60. The smallest absolute Gasteiger partial charge is 0.160 e. The molecule has 0 fully saturated rings. The van der Waals surface area contributed by atoms with Crippen molar-refractivity contribution in [2.75, 3.05) is 0 Å². The third kappa shape index (κ3) is 3.70. The lowest BCUT2D eigenvalue weighted by Crippen LogP contribution is -2.01. The minimum absolute atomic E-state index is 0.0976. The van der Waals surface area contributed by atoms with Crippen LogP contribution in [-0.4, -0.2) is 5.78 Å². The van der Waals surface area contributed by atoms with Gasteiger partial charge in [0.15, 0.2) is 5.78 Å². The third-order valence-corrected chi connectivity index (χ3v) is 3.62. The molecule has 0 N–H and O–H groups in total. The number of benzene rings is 2. The molecule has 0 saturated carbocycles. The van der Waals surface area contributed by atoms with Gasteiger partial charge in [-0.15, -0.1) is 0 Å². The molecule has 0 spiro atoms. The number of aryl methyl sites for hydroxylation is 1. The van der Waals surface area contributed by atoms with E-state index in [0.717, 1.165) is 33.3 Å². The van der Waals surface area contributed by atoms with E-state index in [2.05, 4.69) is 15.9 Å². The molecule has 0 aliphatic heterocycles. The molecular weight excluding hydrogens is 316 g/mol. The standard InChI is InChI=1S/C17H17BrO2/c1-3-14-10-16(7-8-17(14)12(2)19)20-11-13-5-4-6-15(18)9-13/h4-10H,3,11H2,1-2H3. The van der Waals surface area contributed by atoms with Gasteiger partial charge in [0.25, 0.3) is 0 Å². The summed E-state index contributed by atoms with van der Waals surface area (Å²) in [5.41, 5.74) is 2.92. The fourth-order valence-corrected chi connectivity index (χ4v) is 2.54. The Bertz CT molecular complexity index is 620. The average molecular weight is 333 g/mol. The normalized spacial score (nSPS) is 10.3. The molecular formula is C17H17BrO2. The van der Waals surface area contributed by atoms with Crippen molar-refractivity contribution >= 4 is 21.7 Å². The van der Waals surface area contributed by atoms with Crippen LogP contribution in [0.3, 0.4) is 0 Å². The van der Waals surface area contributed by atoms with E-state index in [1.165, 1.54) is 0 Å². The summed E-state index contributed by atoms with van der Waals surface area (Å²) in [7, 11) is 0. The molecule has 0 aliphatic carbocycles. The van der Waals surface area contributed by atoms with E-state index in [9.17, 15) is 4.79 Å². The first-order valence-corrected chi connectivity index (χ1v) is 7.40. The van der Waals surface area contributed by atoms with Crippen LogP contribution in [0.4, 0.5) is 0 Å². The maximum atomic E-state index is 11.5. The molecule has 20 heavy (non-hydrogen) atoms. The second kappa shape index (κ2) is 6.71. The molecule has 2 aromatic carbocycles. The molecule has 2 nitrogen and oxygen atoms in total. The fourth-order valence-electron chi connectivity index (χ4n) is 2.09. The summed E-state index contributed by atoms with van der Waals surface area (Å²) < 4.78 is 6.83. The number of hydrogen-bond donors (Lipinski definition) is 0. The van der Waals surface area contributed by atoms with Gasteiger partial charge in [0.05, 0.1) is 0 Å². The summed E-state index contributed by atoms with van der Waals surface area (Å²) >= 11 is 3.44. The summed E-state index contributed by atoms with van der Waals surface area (Å²) in [6.07, 6.45) is 0.822. The lowest BCUT2D eigenvalue weighted by molar-refractivity contribution is 0.101. The topological polar surface area (TPSA) is 26.3 Å². The SMILES string of the molecule is CCc1cc(OCc2cccc(Br)c2)ccc1C(C)=O. The number of carbonyl (C=O) groups is 1. The van der Waals surface area contributed by atoms with Gasteiger partial charge in [-0.25, -0.2) is 0 Å². The second-order valence-electron chi connectivity index (χ2n) is 4.65. The Kier molecular flexibility index (Phi) is 4.96. The maximum Gasteiger partial charge on any atom is 0.160 e. The van der Waals surface area contributed by atoms with Crippen LogP contribution < -0.4 is 4.74 Å². The zero-order valence-corrected chi connectivity index (χ0v) is 13.2. The lowest BCUT2D eigenvalue weighted by atomic mass is 10.0. The van der Waals surface area contributed by atoms with E-state index in [1.807, 2.05) is 49.4 Å². The van der Waals surface area contributed by atoms with Crippen molar-refractivity contribution in [2.45, 2.75) is 26.9 Å². The Morgan fingerprint density at radius 3 is 2.65 bits per heavy atom. The molecule has 0 amide bonds. The molecule has 0 bridgehead atoms. The number of ketones is 1. The van der Waals surface area contributed by atoms with Crippen LogP contribution in [-0.2, 0) is 13.0 Å². The van der Waals surface area contributed by atoms with Crippen molar-refractivity contribution in [3.8, 4) is 5.75 Å². The van der Waals surface area contributed by atoms with E-state index in [0.29, 0.717) is 6.61 Å². The van der Waals surface area contributed by atoms with Crippen molar-refractivity contribution in [3.63, 3.8) is 0 Å². The molecule has 0 unspecified atom stereocenters. The molecule has 0 radical (unpaired) electrons. The van der Waals surface area contributed by atoms with Gasteiger partial charge in [0.1, 0.15) is 12.4 Å². The van der Waals surface area contributed by atoms with E-state index in [-0.39, 0.29) is 5.78 Å². The van der Waals surface area contributed by atoms with E-state index >= 15 is 0 Å². The van der Waals surface area contributed by atoms with E-state index < -0.39 is 0 Å². The minimum atomic E-state index is 0.0976. The number of Topliss-reactive ketones (excluding diaryl/α,β-unsaturated/α-hetero) is 1. The zero-order chi connectivity index (χ0) is 14.5. The number of hydrogen-bond acceptors (Lipinski definition) is 2. The Balaban J connectivity index is 2.12. The van der Waals surface area contributed by atoms with Crippen molar-refractivity contribution in [1.29, 1.82) is 0 Å². The maximum absolute atomic E-state index is 11.5. The van der Waals surface area contributed by atoms with Crippen LogP contribution in [0.2, 0.25) is 0 Å². The summed E-state index contributed by atoms with van der Waals surface area (Å²) in [6.45, 7) is 4.15. The third-order valence-electron chi connectivity index (χ3n) is 3.13. The number of rotatable bonds is 5. The number of ether oxygens (including phenoxy) is 1. The molecule has 0 saturated heterocycles. The van der Waals surface area contributed by atoms with Crippen LogP contribution in [0.5, 0.6) is 5.75 Å². The summed E-state index contributed by atoms with van der Waals surface area (Å²) in [4.78, 5) is 11.5. The van der Waals surface area contributed by atoms with Gasteiger partial charge >= 0.3 is 0 Å². The Labute approximate surface area is 127 Å². The Morgan fingerprint density at radius 2 is 2.00 bits per heavy atom. The predicted octanol–water partition coefficient (Wildman–Crippen LogP) is 4.79. The highest BCUT2D eigenvalue weighted by Gasteiger charge is 2.07. The van der Waals surface area contributed by atoms with E-state index in [1.54, 1.807) is 6.92 Å². The molecule has 0 aliphatic rings. The van der Waals surface area contributed by atoms with Gasteiger partial charge in [-0.2, -0.15) is 0 Å². The molecule has 3 heteroatoms. The number of halogens is 1. The molecule has 0 aromatic heterocycles. The summed E-state index contributed by atoms with van der Waals surface area (Å²) in [5, 5.41) is 0. The summed E-state index contributed by atoms with van der Waals surface area (Å²) in [5.74, 6) is 0.896. The lowest BCUT2D eigenvalue weighted by Gasteiger charge is -2.10.